The van der Waals surface area contributed by atoms with Gasteiger partial charge in [0.05, 0.1) is 5.75 Å². The lowest BCUT2D eigenvalue weighted by Gasteiger charge is -2.20. The van der Waals surface area contributed by atoms with Gasteiger partial charge in [0.15, 0.2) is 0 Å². The maximum atomic E-state index is 11.7. The molecule has 1 rings (SSSR count). The van der Waals surface area contributed by atoms with E-state index in [-0.39, 0.29) is 5.75 Å². The molecule has 1 saturated heterocycles. The lowest BCUT2D eigenvalue weighted by atomic mass is 10.4. The van der Waals surface area contributed by atoms with Crippen LogP contribution in [0.5, 0.6) is 0 Å². The van der Waals surface area contributed by atoms with Gasteiger partial charge in [-0.15, -0.1) is 0 Å². The van der Waals surface area contributed by atoms with Gasteiger partial charge in [0.2, 0.25) is 10.0 Å². The van der Waals surface area contributed by atoms with Gasteiger partial charge in [0, 0.05) is 32.7 Å². The Morgan fingerprint density at radius 2 is 1.93 bits per heavy atom. The van der Waals surface area contributed by atoms with E-state index in [2.05, 4.69) is 4.90 Å². The van der Waals surface area contributed by atoms with E-state index in [4.69, 9.17) is 5.73 Å². The molecule has 0 amide bonds. The Kier molecular flexibility index (Phi) is 4.98. The first kappa shape index (κ1) is 12.9. The number of hydrogen-bond donors (Lipinski definition) is 1. The maximum absolute atomic E-state index is 11.7. The second-order valence-corrected chi connectivity index (χ2v) is 6.04. The summed E-state index contributed by atoms with van der Waals surface area (Å²) in [4.78, 5) is 2.23. The van der Waals surface area contributed by atoms with Gasteiger partial charge in [-0.3, -0.25) is 0 Å². The Balaban J connectivity index is 2.53. The van der Waals surface area contributed by atoms with Crippen molar-refractivity contribution in [3.8, 4) is 0 Å². The summed E-state index contributed by atoms with van der Waals surface area (Å²) >= 11 is 0. The van der Waals surface area contributed by atoms with Crippen molar-refractivity contribution in [2.45, 2.75) is 13.3 Å². The number of nitrogens with two attached hydrogens (primary N) is 1. The molecule has 0 aromatic rings. The molecule has 0 bridgehead atoms. The highest BCUT2D eigenvalue weighted by molar-refractivity contribution is 7.89. The van der Waals surface area contributed by atoms with Crippen LogP contribution in [0.25, 0.3) is 0 Å². The fourth-order valence-corrected chi connectivity index (χ4v) is 2.95. The molecule has 1 aliphatic rings. The summed E-state index contributed by atoms with van der Waals surface area (Å²) in [5.74, 6) is 0.198. The van der Waals surface area contributed by atoms with Gasteiger partial charge in [0.1, 0.15) is 0 Å². The fourth-order valence-electron chi connectivity index (χ4n) is 1.81. The van der Waals surface area contributed by atoms with E-state index in [0.29, 0.717) is 19.6 Å². The number of sulfonamides is 1. The Hall–Kier alpha value is -0.170. The molecule has 1 heterocycles. The van der Waals surface area contributed by atoms with Crippen molar-refractivity contribution in [2.24, 2.45) is 5.73 Å². The molecule has 0 aliphatic carbocycles. The van der Waals surface area contributed by atoms with Crippen molar-refractivity contribution in [2.75, 3.05) is 45.0 Å². The van der Waals surface area contributed by atoms with Crippen molar-refractivity contribution in [1.82, 2.24) is 9.21 Å². The highest BCUT2D eigenvalue weighted by atomic mass is 32.2. The molecule has 15 heavy (non-hydrogen) atoms. The van der Waals surface area contributed by atoms with Gasteiger partial charge < -0.3 is 10.6 Å². The molecule has 0 spiro atoms. The summed E-state index contributed by atoms with van der Waals surface area (Å²) in [7, 11) is -3.01. The molecule has 0 aromatic heterocycles. The normalized spacial score (nSPS) is 21.5. The molecular formula is C9H21N3O2S. The van der Waals surface area contributed by atoms with Crippen molar-refractivity contribution in [3.05, 3.63) is 0 Å². The van der Waals surface area contributed by atoms with Gasteiger partial charge in [-0.1, -0.05) is 0 Å². The highest BCUT2D eigenvalue weighted by Crippen LogP contribution is 2.07. The third kappa shape index (κ3) is 3.71. The van der Waals surface area contributed by atoms with Crippen molar-refractivity contribution in [1.29, 1.82) is 0 Å². The Bertz CT molecular complexity index is 279. The quantitative estimate of drug-likeness (QED) is 0.700. The lowest BCUT2D eigenvalue weighted by Crippen LogP contribution is -2.37. The standard InChI is InChI=1S/C9H21N3O2S/c1-2-15(13,14)12-6-3-5-11(7-4-10)8-9-12/h2-10H2,1H3. The van der Waals surface area contributed by atoms with Crippen LogP contribution in [0, 0.1) is 0 Å². The van der Waals surface area contributed by atoms with E-state index in [0.717, 1.165) is 26.1 Å². The average Bonchev–Trinajstić information content (AvgIpc) is 2.44. The first-order valence-electron chi connectivity index (χ1n) is 5.50. The number of hydrogen-bond acceptors (Lipinski definition) is 4. The van der Waals surface area contributed by atoms with Crippen molar-refractivity contribution < 1.29 is 8.42 Å². The average molecular weight is 235 g/mol. The predicted octanol–water partition coefficient (Wildman–Crippen LogP) is -0.697. The van der Waals surface area contributed by atoms with Crippen LogP contribution in [0.1, 0.15) is 13.3 Å². The monoisotopic (exact) mass is 235 g/mol. The summed E-state index contributed by atoms with van der Waals surface area (Å²) in [5, 5.41) is 0. The summed E-state index contributed by atoms with van der Waals surface area (Å²) < 4.78 is 24.9. The zero-order valence-corrected chi connectivity index (χ0v) is 10.2. The van der Waals surface area contributed by atoms with Crippen molar-refractivity contribution >= 4 is 10.0 Å². The Morgan fingerprint density at radius 1 is 1.20 bits per heavy atom. The van der Waals surface area contributed by atoms with Crippen LogP contribution >= 0.6 is 0 Å². The molecule has 5 nitrogen and oxygen atoms in total. The molecule has 2 N–H and O–H groups in total. The molecule has 0 atom stereocenters. The van der Waals surface area contributed by atoms with Gasteiger partial charge in [-0.25, -0.2) is 12.7 Å². The van der Waals surface area contributed by atoms with Crippen molar-refractivity contribution in [3.63, 3.8) is 0 Å². The number of nitrogens with zero attached hydrogens (tertiary/aromatic N) is 2. The minimum absolute atomic E-state index is 0.198. The van der Waals surface area contributed by atoms with E-state index < -0.39 is 10.0 Å². The second kappa shape index (κ2) is 5.79. The molecule has 6 heteroatoms. The van der Waals surface area contributed by atoms with Gasteiger partial charge >= 0.3 is 0 Å². The van der Waals surface area contributed by atoms with Crippen LogP contribution in [-0.2, 0) is 10.0 Å². The third-order valence-corrected chi connectivity index (χ3v) is 4.63. The minimum Gasteiger partial charge on any atom is -0.329 e. The number of rotatable bonds is 4. The van der Waals surface area contributed by atoms with E-state index in [1.54, 1.807) is 11.2 Å². The van der Waals surface area contributed by atoms with E-state index in [1.807, 2.05) is 0 Å². The molecule has 0 aromatic carbocycles. The molecule has 0 saturated carbocycles. The first-order chi connectivity index (χ1) is 7.10. The van der Waals surface area contributed by atoms with E-state index in [9.17, 15) is 8.42 Å². The molecular weight excluding hydrogens is 214 g/mol. The highest BCUT2D eigenvalue weighted by Gasteiger charge is 2.22. The minimum atomic E-state index is -3.01. The second-order valence-electron chi connectivity index (χ2n) is 3.78. The SMILES string of the molecule is CCS(=O)(=O)N1CCCN(CCN)CC1. The Morgan fingerprint density at radius 3 is 2.53 bits per heavy atom. The van der Waals surface area contributed by atoms with E-state index in [1.165, 1.54) is 0 Å². The summed E-state index contributed by atoms with van der Waals surface area (Å²) in [6.07, 6.45) is 0.902. The van der Waals surface area contributed by atoms with Crippen LogP contribution < -0.4 is 5.73 Å². The Labute approximate surface area is 92.3 Å². The van der Waals surface area contributed by atoms with Crippen LogP contribution in [0.2, 0.25) is 0 Å². The summed E-state index contributed by atoms with van der Waals surface area (Å²) in [6, 6.07) is 0. The topological polar surface area (TPSA) is 66.6 Å². The third-order valence-electron chi connectivity index (χ3n) is 2.75. The zero-order chi connectivity index (χ0) is 11.3. The largest absolute Gasteiger partial charge is 0.329 e. The van der Waals surface area contributed by atoms with Gasteiger partial charge in [-0.05, 0) is 19.9 Å². The molecule has 0 unspecified atom stereocenters. The zero-order valence-electron chi connectivity index (χ0n) is 9.35. The summed E-state index contributed by atoms with van der Waals surface area (Å²) in [5.41, 5.74) is 5.48. The molecule has 90 valence electrons. The van der Waals surface area contributed by atoms with E-state index >= 15 is 0 Å². The van der Waals surface area contributed by atoms with Crippen LogP contribution in [0.15, 0.2) is 0 Å². The molecule has 1 fully saturated rings. The first-order valence-corrected chi connectivity index (χ1v) is 7.11. The van der Waals surface area contributed by atoms with Gasteiger partial charge in [-0.2, -0.15) is 0 Å². The fraction of sp³-hybridized carbons (Fsp3) is 1.00. The lowest BCUT2D eigenvalue weighted by molar-refractivity contribution is 0.294. The summed E-state index contributed by atoms with van der Waals surface area (Å²) in [6.45, 7) is 6.20. The van der Waals surface area contributed by atoms with Crippen LogP contribution in [-0.4, -0.2) is 62.6 Å². The maximum Gasteiger partial charge on any atom is 0.213 e. The van der Waals surface area contributed by atoms with Crippen LogP contribution in [0.3, 0.4) is 0 Å². The van der Waals surface area contributed by atoms with Gasteiger partial charge in [0.25, 0.3) is 0 Å². The molecule has 0 radical (unpaired) electrons. The molecule has 1 aliphatic heterocycles. The smallest absolute Gasteiger partial charge is 0.213 e. The van der Waals surface area contributed by atoms with Crippen LogP contribution in [0.4, 0.5) is 0 Å². The predicted molar refractivity (Wildman–Crippen MR) is 61.1 cm³/mol.